The van der Waals surface area contributed by atoms with Crippen molar-refractivity contribution in [2.45, 2.75) is 30.5 Å². The Morgan fingerprint density at radius 3 is 2.81 bits per heavy atom. The van der Waals surface area contributed by atoms with E-state index < -0.39 is 17.0 Å². The summed E-state index contributed by atoms with van der Waals surface area (Å²) >= 11 is 1.34. The van der Waals surface area contributed by atoms with Gasteiger partial charge in [-0.25, -0.2) is 4.21 Å². The zero-order chi connectivity index (χ0) is 12.1. The Bertz CT molecular complexity index is 363. The Hall–Kier alpha value is -0.720. The van der Waals surface area contributed by atoms with E-state index in [0.717, 1.165) is 0 Å². The van der Waals surface area contributed by atoms with Crippen LogP contribution in [0.25, 0.3) is 0 Å². The number of hydrogen-bond acceptors (Lipinski definition) is 4. The Labute approximate surface area is 102 Å². The van der Waals surface area contributed by atoms with Gasteiger partial charge in [-0.05, 0) is 23.8 Å². The number of amides is 1. The van der Waals surface area contributed by atoms with E-state index in [1.807, 2.05) is 19.2 Å². The molecule has 1 aromatic heterocycles. The van der Waals surface area contributed by atoms with Crippen LogP contribution >= 0.6 is 11.3 Å². The SMILES string of the molecule is CC(C)CC(N)C(=O)NS(=O)c1cccs1. The summed E-state index contributed by atoms with van der Waals surface area (Å²) < 4.78 is 14.7. The van der Waals surface area contributed by atoms with E-state index in [1.165, 1.54) is 11.3 Å². The maximum absolute atomic E-state index is 11.6. The van der Waals surface area contributed by atoms with E-state index in [0.29, 0.717) is 16.5 Å². The van der Waals surface area contributed by atoms with Crippen LogP contribution in [0.1, 0.15) is 20.3 Å². The van der Waals surface area contributed by atoms with Crippen LogP contribution in [0.2, 0.25) is 0 Å². The summed E-state index contributed by atoms with van der Waals surface area (Å²) in [7, 11) is -1.48. The van der Waals surface area contributed by atoms with E-state index in [9.17, 15) is 9.00 Å². The second-order valence-electron chi connectivity index (χ2n) is 3.90. The van der Waals surface area contributed by atoms with Crippen molar-refractivity contribution in [3.8, 4) is 0 Å². The van der Waals surface area contributed by atoms with Gasteiger partial charge in [0.25, 0.3) is 0 Å². The molecule has 0 aliphatic rings. The highest BCUT2D eigenvalue weighted by Crippen LogP contribution is 2.12. The lowest BCUT2D eigenvalue weighted by molar-refractivity contribution is -0.120. The van der Waals surface area contributed by atoms with Gasteiger partial charge < -0.3 is 5.73 Å². The Balaban J connectivity index is 2.48. The summed E-state index contributed by atoms with van der Waals surface area (Å²) in [5, 5.41) is 1.81. The van der Waals surface area contributed by atoms with Crippen molar-refractivity contribution in [3.63, 3.8) is 0 Å². The first kappa shape index (κ1) is 13.3. The van der Waals surface area contributed by atoms with Gasteiger partial charge in [0.15, 0.2) is 11.0 Å². The maximum Gasteiger partial charge on any atom is 0.248 e. The monoisotopic (exact) mass is 260 g/mol. The van der Waals surface area contributed by atoms with Crippen molar-refractivity contribution in [2.24, 2.45) is 11.7 Å². The molecular weight excluding hydrogens is 244 g/mol. The predicted octanol–water partition coefficient (Wildman–Crippen LogP) is 1.26. The quantitative estimate of drug-likeness (QED) is 0.837. The highest BCUT2D eigenvalue weighted by Gasteiger charge is 2.17. The van der Waals surface area contributed by atoms with E-state index in [4.69, 9.17) is 5.73 Å². The normalized spacial score (nSPS) is 14.8. The number of nitrogens with one attached hydrogen (secondary N) is 1. The minimum absolute atomic E-state index is 0.343. The molecule has 4 nitrogen and oxygen atoms in total. The molecule has 6 heteroatoms. The molecule has 0 aliphatic carbocycles. The molecule has 0 aromatic carbocycles. The molecule has 1 amide bonds. The molecule has 16 heavy (non-hydrogen) atoms. The number of carbonyl (C=O) groups excluding carboxylic acids is 1. The molecule has 1 aromatic rings. The van der Waals surface area contributed by atoms with Gasteiger partial charge in [-0.1, -0.05) is 19.9 Å². The smallest absolute Gasteiger partial charge is 0.248 e. The van der Waals surface area contributed by atoms with Crippen LogP contribution < -0.4 is 10.5 Å². The van der Waals surface area contributed by atoms with Crippen LogP contribution in [-0.2, 0) is 15.8 Å². The van der Waals surface area contributed by atoms with Crippen molar-refractivity contribution in [1.29, 1.82) is 0 Å². The fraction of sp³-hybridized carbons (Fsp3) is 0.500. The average molecular weight is 260 g/mol. The third kappa shape index (κ3) is 4.03. The summed E-state index contributed by atoms with van der Waals surface area (Å²) in [6, 6.07) is 2.91. The van der Waals surface area contributed by atoms with Gasteiger partial charge >= 0.3 is 0 Å². The van der Waals surface area contributed by atoms with Gasteiger partial charge in [-0.2, -0.15) is 0 Å². The topological polar surface area (TPSA) is 72.2 Å². The minimum Gasteiger partial charge on any atom is -0.320 e. The van der Waals surface area contributed by atoms with E-state index in [1.54, 1.807) is 12.1 Å². The molecule has 0 saturated heterocycles. The second kappa shape index (κ2) is 6.12. The van der Waals surface area contributed by atoms with Gasteiger partial charge in [-0.3, -0.25) is 9.52 Å². The van der Waals surface area contributed by atoms with Crippen molar-refractivity contribution in [2.75, 3.05) is 0 Å². The van der Waals surface area contributed by atoms with Gasteiger partial charge in [-0.15, -0.1) is 11.3 Å². The molecule has 0 fully saturated rings. The first-order valence-electron chi connectivity index (χ1n) is 5.02. The lowest BCUT2D eigenvalue weighted by atomic mass is 10.0. The predicted molar refractivity (Wildman–Crippen MR) is 66.3 cm³/mol. The van der Waals surface area contributed by atoms with Crippen LogP contribution in [0, 0.1) is 5.92 Å². The standard InChI is InChI=1S/C10H16N2O2S2/c1-7(2)6-8(11)10(13)12-16(14)9-4-3-5-15-9/h3-5,7-8H,6,11H2,1-2H3,(H,12,13). The summed E-state index contributed by atoms with van der Waals surface area (Å²) in [6.45, 7) is 3.98. The highest BCUT2D eigenvalue weighted by atomic mass is 32.2. The zero-order valence-corrected chi connectivity index (χ0v) is 10.9. The van der Waals surface area contributed by atoms with Gasteiger partial charge in [0.1, 0.15) is 4.21 Å². The van der Waals surface area contributed by atoms with Gasteiger partial charge in [0.05, 0.1) is 6.04 Å². The van der Waals surface area contributed by atoms with E-state index in [-0.39, 0.29) is 5.91 Å². The molecule has 0 bridgehead atoms. The second-order valence-corrected chi connectivity index (χ2v) is 6.29. The minimum atomic E-state index is -1.48. The van der Waals surface area contributed by atoms with Crippen LogP contribution in [-0.4, -0.2) is 16.2 Å². The molecule has 0 aliphatic heterocycles. The molecule has 0 spiro atoms. The number of rotatable bonds is 5. The third-order valence-corrected chi connectivity index (χ3v) is 4.23. The Morgan fingerprint density at radius 2 is 2.31 bits per heavy atom. The molecule has 0 saturated carbocycles. The third-order valence-electron chi connectivity index (χ3n) is 1.93. The van der Waals surface area contributed by atoms with Crippen LogP contribution in [0.15, 0.2) is 21.7 Å². The summed E-state index contributed by atoms with van der Waals surface area (Å²) in [5.74, 6) is -0.0173. The van der Waals surface area contributed by atoms with Crippen molar-refractivity contribution >= 4 is 28.2 Å². The van der Waals surface area contributed by atoms with Crippen LogP contribution in [0.5, 0.6) is 0 Å². The maximum atomic E-state index is 11.6. The Kier molecular flexibility index (Phi) is 5.11. The fourth-order valence-corrected chi connectivity index (χ4v) is 2.93. The molecule has 1 rings (SSSR count). The summed E-state index contributed by atoms with van der Waals surface area (Å²) in [4.78, 5) is 11.6. The zero-order valence-electron chi connectivity index (χ0n) is 9.30. The van der Waals surface area contributed by atoms with Gasteiger partial charge in [0, 0.05) is 0 Å². The molecule has 3 N–H and O–H groups in total. The van der Waals surface area contributed by atoms with Crippen molar-refractivity contribution < 1.29 is 9.00 Å². The molecule has 2 unspecified atom stereocenters. The highest BCUT2D eigenvalue weighted by molar-refractivity contribution is 7.86. The van der Waals surface area contributed by atoms with Crippen LogP contribution in [0.4, 0.5) is 0 Å². The average Bonchev–Trinajstić information content (AvgIpc) is 2.68. The number of hydrogen-bond donors (Lipinski definition) is 2. The molecular formula is C10H16N2O2S2. The number of carbonyl (C=O) groups is 1. The molecule has 90 valence electrons. The lowest BCUT2D eigenvalue weighted by Gasteiger charge is -2.12. The first-order chi connectivity index (χ1) is 7.50. The van der Waals surface area contributed by atoms with Crippen molar-refractivity contribution in [3.05, 3.63) is 17.5 Å². The van der Waals surface area contributed by atoms with E-state index in [2.05, 4.69) is 4.72 Å². The summed E-state index contributed by atoms with van der Waals surface area (Å²) in [6.07, 6.45) is 0.591. The van der Waals surface area contributed by atoms with Crippen molar-refractivity contribution in [1.82, 2.24) is 4.72 Å². The Morgan fingerprint density at radius 1 is 1.62 bits per heavy atom. The largest absolute Gasteiger partial charge is 0.320 e. The number of nitrogens with two attached hydrogens (primary N) is 1. The van der Waals surface area contributed by atoms with Gasteiger partial charge in [0.2, 0.25) is 5.91 Å². The summed E-state index contributed by atoms with van der Waals surface area (Å²) in [5.41, 5.74) is 5.68. The fourth-order valence-electron chi connectivity index (χ4n) is 1.20. The van der Waals surface area contributed by atoms with Crippen LogP contribution in [0.3, 0.4) is 0 Å². The molecule has 2 atom stereocenters. The molecule has 0 radical (unpaired) electrons. The first-order valence-corrected chi connectivity index (χ1v) is 7.05. The number of thiophene rings is 1. The lowest BCUT2D eigenvalue weighted by Crippen LogP contribution is -2.41. The van der Waals surface area contributed by atoms with E-state index >= 15 is 0 Å². The molecule has 1 heterocycles.